The maximum atomic E-state index is 5.61. The fourth-order valence-corrected chi connectivity index (χ4v) is 6.83. The largest absolute Gasteiger partial charge is 0.250 e. The molecule has 2 heterocycles. The second kappa shape index (κ2) is 15.0. The third-order valence-electron chi connectivity index (χ3n) is 8.16. The second-order valence-corrected chi connectivity index (χ2v) is 11.4. The molecule has 2 nitrogen and oxygen atoms in total. The van der Waals surface area contributed by atoms with Crippen molar-refractivity contribution < 1.29 is 0 Å². The van der Waals surface area contributed by atoms with Gasteiger partial charge in [0.05, 0.1) is 11.0 Å². The average Bonchev–Trinajstić information content (AvgIpc) is 2.90. The highest BCUT2D eigenvalue weighted by atomic mass is 14.8. The van der Waals surface area contributed by atoms with E-state index in [1.54, 1.807) is 33.4 Å². The summed E-state index contributed by atoms with van der Waals surface area (Å²) in [5.41, 5.74) is 14.7. The molecule has 2 heteroatoms. The van der Waals surface area contributed by atoms with E-state index in [9.17, 15) is 0 Å². The van der Waals surface area contributed by atoms with Gasteiger partial charge in [-0.05, 0) is 84.7 Å². The van der Waals surface area contributed by atoms with Gasteiger partial charge in [0.1, 0.15) is 0 Å². The van der Waals surface area contributed by atoms with Gasteiger partial charge < -0.3 is 0 Å². The third-order valence-corrected chi connectivity index (χ3v) is 8.16. The zero-order valence-corrected chi connectivity index (χ0v) is 26.2. The Kier molecular flexibility index (Phi) is 12.1. The summed E-state index contributed by atoms with van der Waals surface area (Å²) in [5, 5.41) is 2.99. The zero-order chi connectivity index (χ0) is 27.7. The van der Waals surface area contributed by atoms with Gasteiger partial charge in [-0.15, -0.1) is 0 Å². The van der Waals surface area contributed by atoms with Gasteiger partial charge in [0.25, 0.3) is 0 Å². The minimum absolute atomic E-state index is 1.07. The Hall–Kier alpha value is -1.96. The lowest BCUT2D eigenvalue weighted by atomic mass is 9.82. The standard InChI is InChI=1S/C36H56N2/c1-9-17-25-27(19-11-3)33-29(21-13-5)30(22-14-6)34-28(20-12-4)26(18-10-2)32(24-16-8)38-36(34)35(33)37-31(25)23-15-7/h9-24H2,1-8H3. The molecule has 0 saturated carbocycles. The van der Waals surface area contributed by atoms with Gasteiger partial charge in [-0.25, -0.2) is 0 Å². The van der Waals surface area contributed by atoms with Crippen LogP contribution in [0.4, 0.5) is 0 Å². The number of aryl methyl sites for hydroxylation is 6. The van der Waals surface area contributed by atoms with E-state index < -0.39 is 0 Å². The molecule has 1 aromatic carbocycles. The molecule has 0 N–H and O–H groups in total. The summed E-state index contributed by atoms with van der Waals surface area (Å²) >= 11 is 0. The summed E-state index contributed by atoms with van der Waals surface area (Å²) < 4.78 is 0. The maximum absolute atomic E-state index is 5.61. The number of hydrogen-bond donors (Lipinski definition) is 0. The summed E-state index contributed by atoms with van der Waals surface area (Å²) in [6.45, 7) is 18.7. The molecule has 3 aromatic rings. The molecule has 210 valence electrons. The molecular weight excluding hydrogens is 460 g/mol. The van der Waals surface area contributed by atoms with Crippen LogP contribution in [0.15, 0.2) is 0 Å². The van der Waals surface area contributed by atoms with Crippen molar-refractivity contribution in [2.24, 2.45) is 0 Å². The first-order valence-corrected chi connectivity index (χ1v) is 16.4. The maximum Gasteiger partial charge on any atom is 0.0974 e. The number of rotatable bonds is 16. The van der Waals surface area contributed by atoms with Crippen LogP contribution in [0.5, 0.6) is 0 Å². The normalized spacial score (nSPS) is 11.8. The predicted octanol–water partition coefficient (Wildman–Crippen LogP) is 10.4. The van der Waals surface area contributed by atoms with Gasteiger partial charge in [-0.3, -0.25) is 9.97 Å². The molecule has 0 aliphatic heterocycles. The number of fused-ring (bicyclic) bond motifs is 3. The summed E-state index contributed by atoms with van der Waals surface area (Å²) in [7, 11) is 0. The summed E-state index contributed by atoms with van der Waals surface area (Å²) in [5.74, 6) is 0. The van der Waals surface area contributed by atoms with Gasteiger partial charge in [0.2, 0.25) is 0 Å². The van der Waals surface area contributed by atoms with Crippen LogP contribution in [-0.2, 0) is 51.4 Å². The number of benzene rings is 1. The Balaban J connectivity index is 2.72. The number of pyridine rings is 2. The van der Waals surface area contributed by atoms with Gasteiger partial charge in [-0.2, -0.15) is 0 Å². The van der Waals surface area contributed by atoms with E-state index in [1.807, 2.05) is 0 Å². The average molecular weight is 517 g/mol. The molecule has 0 fully saturated rings. The van der Waals surface area contributed by atoms with E-state index in [2.05, 4.69) is 55.4 Å². The van der Waals surface area contributed by atoms with Crippen LogP contribution in [0.3, 0.4) is 0 Å². The van der Waals surface area contributed by atoms with Crippen molar-refractivity contribution in [3.63, 3.8) is 0 Å². The number of hydrogen-bond acceptors (Lipinski definition) is 2. The quantitative estimate of drug-likeness (QED) is 0.177. The summed E-state index contributed by atoms with van der Waals surface area (Å²) in [6, 6.07) is 0. The first-order chi connectivity index (χ1) is 18.6. The molecular formula is C36H56N2. The molecule has 0 saturated heterocycles. The van der Waals surface area contributed by atoms with Gasteiger partial charge in [-0.1, -0.05) is 107 Å². The lowest BCUT2D eigenvalue weighted by Crippen LogP contribution is -2.13. The van der Waals surface area contributed by atoms with E-state index in [0.29, 0.717) is 0 Å². The van der Waals surface area contributed by atoms with Crippen molar-refractivity contribution in [2.45, 2.75) is 158 Å². The highest BCUT2D eigenvalue weighted by Gasteiger charge is 2.25. The summed E-state index contributed by atoms with van der Waals surface area (Å²) in [4.78, 5) is 11.2. The Morgan fingerprint density at radius 3 is 0.816 bits per heavy atom. The van der Waals surface area contributed by atoms with Crippen LogP contribution < -0.4 is 0 Å². The molecule has 2 aromatic heterocycles. The number of aromatic nitrogens is 2. The highest BCUT2D eigenvalue weighted by molar-refractivity contribution is 6.09. The molecule has 0 aliphatic carbocycles. The highest BCUT2D eigenvalue weighted by Crippen LogP contribution is 2.41. The molecule has 0 spiro atoms. The van der Waals surface area contributed by atoms with Crippen LogP contribution in [0.1, 0.15) is 152 Å². The monoisotopic (exact) mass is 516 g/mol. The fraction of sp³-hybridized carbons (Fsp3) is 0.667. The number of nitrogens with zero attached hydrogens (tertiary/aromatic N) is 2. The van der Waals surface area contributed by atoms with Crippen LogP contribution >= 0.6 is 0 Å². The minimum Gasteiger partial charge on any atom is -0.250 e. The van der Waals surface area contributed by atoms with Crippen LogP contribution in [-0.4, -0.2) is 9.97 Å². The minimum atomic E-state index is 1.07. The van der Waals surface area contributed by atoms with Crippen LogP contribution in [0, 0.1) is 0 Å². The third kappa shape index (κ3) is 6.10. The molecule has 0 atom stereocenters. The van der Waals surface area contributed by atoms with Crippen LogP contribution in [0.2, 0.25) is 0 Å². The fourth-order valence-electron chi connectivity index (χ4n) is 6.83. The van der Waals surface area contributed by atoms with Crippen molar-refractivity contribution in [3.05, 3.63) is 44.8 Å². The Bertz CT molecular complexity index is 1110. The predicted molar refractivity (Wildman–Crippen MR) is 169 cm³/mol. The van der Waals surface area contributed by atoms with Crippen molar-refractivity contribution in [1.82, 2.24) is 9.97 Å². The van der Waals surface area contributed by atoms with Gasteiger partial charge in [0, 0.05) is 22.2 Å². The molecule has 0 unspecified atom stereocenters. The van der Waals surface area contributed by atoms with E-state index in [1.165, 1.54) is 71.7 Å². The van der Waals surface area contributed by atoms with Crippen molar-refractivity contribution >= 4 is 21.8 Å². The van der Waals surface area contributed by atoms with E-state index in [4.69, 9.17) is 9.97 Å². The second-order valence-electron chi connectivity index (χ2n) is 11.4. The van der Waals surface area contributed by atoms with Gasteiger partial charge in [0.15, 0.2) is 0 Å². The molecule has 38 heavy (non-hydrogen) atoms. The summed E-state index contributed by atoms with van der Waals surface area (Å²) in [6.07, 6.45) is 18.4. The first kappa shape index (κ1) is 30.6. The lowest BCUT2D eigenvalue weighted by Gasteiger charge is -2.26. The van der Waals surface area contributed by atoms with Crippen LogP contribution in [0.25, 0.3) is 21.8 Å². The van der Waals surface area contributed by atoms with Crippen molar-refractivity contribution in [2.75, 3.05) is 0 Å². The SMILES string of the molecule is CCCc1nc2c(c(CCC)c1CCC)c(CCC)c(CCC)c1c(CCC)c(CCC)c(CCC)nc12. The van der Waals surface area contributed by atoms with Gasteiger partial charge >= 0.3 is 0 Å². The molecule has 0 aliphatic rings. The molecule has 0 amide bonds. The van der Waals surface area contributed by atoms with E-state index in [-0.39, 0.29) is 0 Å². The molecule has 0 bridgehead atoms. The van der Waals surface area contributed by atoms with Crippen molar-refractivity contribution in [1.29, 1.82) is 0 Å². The smallest absolute Gasteiger partial charge is 0.0974 e. The van der Waals surface area contributed by atoms with E-state index in [0.717, 1.165) is 64.2 Å². The first-order valence-electron chi connectivity index (χ1n) is 16.4. The van der Waals surface area contributed by atoms with E-state index >= 15 is 0 Å². The van der Waals surface area contributed by atoms with Crippen molar-refractivity contribution in [3.8, 4) is 0 Å². The topological polar surface area (TPSA) is 25.8 Å². The Morgan fingerprint density at radius 2 is 0.553 bits per heavy atom. The lowest BCUT2D eigenvalue weighted by molar-refractivity contribution is 0.800. The molecule has 0 radical (unpaired) electrons. The zero-order valence-electron chi connectivity index (χ0n) is 26.2. The Labute approximate surface area is 234 Å². The Morgan fingerprint density at radius 1 is 0.316 bits per heavy atom. The molecule has 3 rings (SSSR count).